The van der Waals surface area contributed by atoms with Gasteiger partial charge in [0.2, 0.25) is 5.91 Å². The summed E-state index contributed by atoms with van der Waals surface area (Å²) < 4.78 is 1.85. The van der Waals surface area contributed by atoms with E-state index >= 15 is 0 Å². The van der Waals surface area contributed by atoms with Crippen LogP contribution >= 0.6 is 11.6 Å². The second kappa shape index (κ2) is 7.48. The molecule has 0 aliphatic heterocycles. The number of carbonyl (C=O) groups excluding carboxylic acids is 1. The van der Waals surface area contributed by atoms with E-state index < -0.39 is 0 Å². The molecule has 0 fully saturated rings. The minimum Gasteiger partial charge on any atom is -0.338 e. The van der Waals surface area contributed by atoms with Crippen LogP contribution in [0.2, 0.25) is 5.02 Å². The Bertz CT molecular complexity index is 1160. The summed E-state index contributed by atoms with van der Waals surface area (Å²) in [5.41, 5.74) is 5.23. The molecule has 0 aliphatic rings. The van der Waals surface area contributed by atoms with Gasteiger partial charge in [-0.3, -0.25) is 9.48 Å². The van der Waals surface area contributed by atoms with Crippen molar-refractivity contribution in [2.75, 3.05) is 5.32 Å². The molecule has 0 bridgehead atoms. The highest BCUT2D eigenvalue weighted by molar-refractivity contribution is 6.33. The van der Waals surface area contributed by atoms with Crippen molar-refractivity contribution in [2.45, 2.75) is 26.8 Å². The topological polar surface area (TPSA) is 75.6 Å². The number of anilines is 1. The van der Waals surface area contributed by atoms with Crippen molar-refractivity contribution in [3.8, 4) is 11.4 Å². The molecule has 2 aromatic carbocycles. The van der Waals surface area contributed by atoms with Crippen molar-refractivity contribution in [3.63, 3.8) is 0 Å². The third kappa shape index (κ3) is 3.77. The van der Waals surface area contributed by atoms with Crippen molar-refractivity contribution in [2.24, 2.45) is 0 Å². The number of imidazole rings is 1. The van der Waals surface area contributed by atoms with Crippen LogP contribution in [0.5, 0.6) is 0 Å². The van der Waals surface area contributed by atoms with Crippen molar-refractivity contribution in [1.82, 2.24) is 19.7 Å². The zero-order valence-corrected chi connectivity index (χ0v) is 16.4. The minimum atomic E-state index is -0.0576. The average molecular weight is 394 g/mol. The molecule has 0 saturated carbocycles. The van der Waals surface area contributed by atoms with Crippen molar-refractivity contribution >= 4 is 34.2 Å². The van der Waals surface area contributed by atoms with E-state index in [2.05, 4.69) is 20.4 Å². The van der Waals surface area contributed by atoms with Crippen molar-refractivity contribution < 1.29 is 4.79 Å². The molecule has 142 valence electrons. The van der Waals surface area contributed by atoms with Crippen molar-refractivity contribution in [3.05, 3.63) is 64.9 Å². The number of amides is 1. The first kappa shape index (κ1) is 18.3. The van der Waals surface area contributed by atoms with Crippen LogP contribution in [0, 0.1) is 13.8 Å². The van der Waals surface area contributed by atoms with Gasteiger partial charge in [0.1, 0.15) is 5.82 Å². The van der Waals surface area contributed by atoms with Crippen LogP contribution in [0.4, 0.5) is 5.69 Å². The SMILES string of the molecule is Cc1cc(C)n(CCC(=O)Nc2ccc3nc(-c4ccccc4Cl)[nH]c3c2)n1. The largest absolute Gasteiger partial charge is 0.338 e. The normalized spacial score (nSPS) is 11.1. The Morgan fingerprint density at radius 3 is 2.75 bits per heavy atom. The van der Waals surface area contributed by atoms with Gasteiger partial charge in [-0.15, -0.1) is 0 Å². The van der Waals surface area contributed by atoms with Crippen LogP contribution in [0.25, 0.3) is 22.4 Å². The molecular weight excluding hydrogens is 374 g/mol. The molecule has 4 rings (SSSR count). The van der Waals surface area contributed by atoms with Gasteiger partial charge >= 0.3 is 0 Å². The summed E-state index contributed by atoms with van der Waals surface area (Å²) in [6.45, 7) is 4.48. The fraction of sp³-hybridized carbons (Fsp3) is 0.190. The van der Waals surface area contributed by atoms with E-state index in [0.717, 1.165) is 33.7 Å². The molecule has 28 heavy (non-hydrogen) atoms. The number of halogens is 1. The Balaban J connectivity index is 1.48. The summed E-state index contributed by atoms with van der Waals surface area (Å²) in [4.78, 5) is 20.2. The van der Waals surface area contributed by atoms with Crippen LogP contribution in [-0.2, 0) is 11.3 Å². The molecule has 2 N–H and O–H groups in total. The lowest BCUT2D eigenvalue weighted by molar-refractivity contribution is -0.116. The quantitative estimate of drug-likeness (QED) is 0.514. The maximum Gasteiger partial charge on any atom is 0.226 e. The van der Waals surface area contributed by atoms with Gasteiger partial charge in [-0.2, -0.15) is 5.10 Å². The highest BCUT2D eigenvalue weighted by atomic mass is 35.5. The van der Waals surface area contributed by atoms with Crippen LogP contribution in [0.3, 0.4) is 0 Å². The number of nitrogens with zero attached hydrogens (tertiary/aromatic N) is 3. The zero-order chi connectivity index (χ0) is 19.7. The Morgan fingerprint density at radius 1 is 1.18 bits per heavy atom. The Morgan fingerprint density at radius 2 is 2.00 bits per heavy atom. The molecular formula is C21H20ClN5O. The summed E-state index contributed by atoms with van der Waals surface area (Å²) in [6, 6.07) is 15.2. The number of hydrogen-bond acceptors (Lipinski definition) is 3. The second-order valence-electron chi connectivity index (χ2n) is 6.75. The highest BCUT2D eigenvalue weighted by Gasteiger charge is 2.10. The maximum absolute atomic E-state index is 12.3. The number of hydrogen-bond donors (Lipinski definition) is 2. The molecule has 0 unspecified atom stereocenters. The van der Waals surface area contributed by atoms with Crippen molar-refractivity contribution in [1.29, 1.82) is 0 Å². The monoisotopic (exact) mass is 393 g/mol. The molecule has 1 amide bonds. The molecule has 0 saturated heterocycles. The number of aromatic amines is 1. The van der Waals surface area contributed by atoms with Gasteiger partial charge < -0.3 is 10.3 Å². The number of H-pyrrole nitrogens is 1. The van der Waals surface area contributed by atoms with E-state index in [-0.39, 0.29) is 5.91 Å². The van der Waals surface area contributed by atoms with E-state index in [0.29, 0.717) is 23.8 Å². The molecule has 0 spiro atoms. The standard InChI is InChI=1S/C21H20ClN5O/c1-13-11-14(2)27(26-13)10-9-20(28)23-15-7-8-18-19(12-15)25-21(24-18)16-5-3-4-6-17(16)22/h3-8,11-12H,9-10H2,1-2H3,(H,23,28)(H,24,25). The maximum atomic E-state index is 12.3. The number of rotatable bonds is 5. The number of benzene rings is 2. The molecule has 0 atom stereocenters. The smallest absolute Gasteiger partial charge is 0.226 e. The molecule has 2 heterocycles. The van der Waals surface area contributed by atoms with Gasteiger partial charge in [-0.1, -0.05) is 23.7 Å². The Labute approximate surface area is 167 Å². The first-order valence-electron chi connectivity index (χ1n) is 9.05. The second-order valence-corrected chi connectivity index (χ2v) is 7.15. The molecule has 6 nitrogen and oxygen atoms in total. The predicted molar refractivity (Wildman–Crippen MR) is 111 cm³/mol. The first-order valence-corrected chi connectivity index (χ1v) is 9.43. The number of nitrogens with one attached hydrogen (secondary N) is 2. The number of aryl methyl sites for hydroxylation is 3. The predicted octanol–water partition coefficient (Wildman–Crippen LogP) is 4.73. The lowest BCUT2D eigenvalue weighted by Gasteiger charge is -2.06. The molecule has 0 radical (unpaired) electrons. The zero-order valence-electron chi connectivity index (χ0n) is 15.7. The summed E-state index contributed by atoms with van der Waals surface area (Å²) in [7, 11) is 0. The van der Waals surface area contributed by atoms with Crippen LogP contribution in [-0.4, -0.2) is 25.7 Å². The number of fused-ring (bicyclic) bond motifs is 1. The van der Waals surface area contributed by atoms with Gasteiger partial charge in [0.05, 0.1) is 21.7 Å². The molecule has 0 aliphatic carbocycles. The van der Waals surface area contributed by atoms with E-state index in [4.69, 9.17) is 11.6 Å². The highest BCUT2D eigenvalue weighted by Crippen LogP contribution is 2.28. The average Bonchev–Trinajstić information content (AvgIpc) is 3.22. The van der Waals surface area contributed by atoms with Crippen LogP contribution in [0.15, 0.2) is 48.5 Å². The Hall–Kier alpha value is -3.12. The van der Waals surface area contributed by atoms with E-state index in [1.54, 1.807) is 0 Å². The van der Waals surface area contributed by atoms with Gasteiger partial charge in [-0.25, -0.2) is 4.98 Å². The molecule has 2 aromatic heterocycles. The third-order valence-electron chi connectivity index (χ3n) is 4.55. The van der Waals surface area contributed by atoms with Crippen LogP contribution in [0.1, 0.15) is 17.8 Å². The fourth-order valence-electron chi connectivity index (χ4n) is 3.20. The van der Waals surface area contributed by atoms with Crippen LogP contribution < -0.4 is 5.32 Å². The third-order valence-corrected chi connectivity index (χ3v) is 4.88. The van der Waals surface area contributed by atoms with Gasteiger partial charge in [0.15, 0.2) is 0 Å². The van der Waals surface area contributed by atoms with Gasteiger partial charge in [-0.05, 0) is 50.2 Å². The van der Waals surface area contributed by atoms with E-state index in [1.807, 2.05) is 67.1 Å². The Kier molecular flexibility index (Phi) is 4.88. The lowest BCUT2D eigenvalue weighted by Crippen LogP contribution is -2.15. The number of carbonyl (C=O) groups is 1. The summed E-state index contributed by atoms with van der Waals surface area (Å²) in [5.74, 6) is 0.645. The van der Waals surface area contributed by atoms with Gasteiger partial charge in [0, 0.05) is 29.9 Å². The molecule has 7 heteroatoms. The van der Waals surface area contributed by atoms with Gasteiger partial charge in [0.25, 0.3) is 0 Å². The number of aromatic nitrogens is 4. The van der Waals surface area contributed by atoms with E-state index in [9.17, 15) is 4.79 Å². The fourth-order valence-corrected chi connectivity index (χ4v) is 3.43. The minimum absolute atomic E-state index is 0.0576. The lowest BCUT2D eigenvalue weighted by atomic mass is 10.2. The first-order chi connectivity index (χ1) is 13.5. The summed E-state index contributed by atoms with van der Waals surface area (Å²) in [6.07, 6.45) is 0.355. The van der Waals surface area contributed by atoms with E-state index in [1.165, 1.54) is 0 Å². The summed E-state index contributed by atoms with van der Waals surface area (Å²) in [5, 5.41) is 7.96. The summed E-state index contributed by atoms with van der Waals surface area (Å²) >= 11 is 6.26. The molecule has 4 aromatic rings.